The predicted octanol–water partition coefficient (Wildman–Crippen LogP) is 4.52. The zero-order valence-corrected chi connectivity index (χ0v) is 16.2. The first-order valence-electron chi connectivity index (χ1n) is 9.03. The number of halogens is 2. The molecule has 0 saturated heterocycles. The van der Waals surface area contributed by atoms with E-state index in [1.807, 2.05) is 42.3 Å². The molecular weight excluding hydrogens is 378 g/mol. The fraction of sp³-hybridized carbons (Fsp3) is 0.227. The minimum Gasteiger partial charge on any atom is -0.497 e. The van der Waals surface area contributed by atoms with Crippen LogP contribution in [0.1, 0.15) is 5.56 Å². The van der Waals surface area contributed by atoms with Gasteiger partial charge in [0.2, 0.25) is 5.91 Å². The number of hydrogen-bond acceptors (Lipinski definition) is 4. The number of likely N-dealkylation sites (N-methyl/N-ethyl adjacent to an activating group) is 1. The van der Waals surface area contributed by atoms with Crippen molar-refractivity contribution >= 4 is 22.4 Å². The normalized spacial score (nSPS) is 11.1. The van der Waals surface area contributed by atoms with Crippen LogP contribution < -0.4 is 14.8 Å². The lowest BCUT2D eigenvalue weighted by Crippen LogP contribution is -2.29. The Bertz CT molecular complexity index is 977. The van der Waals surface area contributed by atoms with E-state index in [9.17, 15) is 13.6 Å². The number of ether oxygens (including phenoxy) is 2. The minimum atomic E-state index is -2.87. The van der Waals surface area contributed by atoms with Crippen molar-refractivity contribution in [2.24, 2.45) is 0 Å². The quantitative estimate of drug-likeness (QED) is 0.604. The number of methoxy groups -OCH3 is 1. The second-order valence-corrected chi connectivity index (χ2v) is 6.67. The van der Waals surface area contributed by atoms with E-state index in [0.717, 1.165) is 22.1 Å². The van der Waals surface area contributed by atoms with Crippen LogP contribution in [0, 0.1) is 0 Å². The van der Waals surface area contributed by atoms with Crippen LogP contribution in [-0.2, 0) is 11.3 Å². The van der Waals surface area contributed by atoms with Gasteiger partial charge in [0, 0.05) is 12.2 Å². The maximum absolute atomic E-state index is 12.2. The summed E-state index contributed by atoms with van der Waals surface area (Å²) in [6.45, 7) is -2.08. The molecule has 29 heavy (non-hydrogen) atoms. The van der Waals surface area contributed by atoms with Crippen molar-refractivity contribution in [2.45, 2.75) is 13.2 Å². The molecule has 1 N–H and O–H groups in total. The third kappa shape index (κ3) is 5.89. The molecule has 0 atom stereocenters. The molecule has 152 valence electrons. The molecule has 0 fully saturated rings. The van der Waals surface area contributed by atoms with E-state index < -0.39 is 6.61 Å². The minimum absolute atomic E-state index is 0.0454. The predicted molar refractivity (Wildman–Crippen MR) is 109 cm³/mol. The second kappa shape index (κ2) is 9.34. The summed E-state index contributed by atoms with van der Waals surface area (Å²) in [5, 5.41) is 4.94. The molecule has 0 bridgehead atoms. The van der Waals surface area contributed by atoms with Crippen LogP contribution in [0.3, 0.4) is 0 Å². The van der Waals surface area contributed by atoms with E-state index >= 15 is 0 Å². The highest BCUT2D eigenvalue weighted by Crippen LogP contribution is 2.22. The van der Waals surface area contributed by atoms with E-state index in [1.165, 1.54) is 24.3 Å². The highest BCUT2D eigenvalue weighted by atomic mass is 19.3. The number of nitrogens with one attached hydrogen (secondary N) is 1. The van der Waals surface area contributed by atoms with Crippen LogP contribution in [0.2, 0.25) is 0 Å². The molecule has 0 unspecified atom stereocenters. The third-order valence-electron chi connectivity index (χ3n) is 4.34. The van der Waals surface area contributed by atoms with Gasteiger partial charge in [-0.05, 0) is 65.8 Å². The number of rotatable bonds is 8. The fourth-order valence-electron chi connectivity index (χ4n) is 3.03. The number of fused-ring (bicyclic) bond motifs is 1. The maximum Gasteiger partial charge on any atom is 0.387 e. The van der Waals surface area contributed by atoms with Gasteiger partial charge in [0.25, 0.3) is 0 Å². The molecule has 0 aromatic heterocycles. The van der Waals surface area contributed by atoms with Gasteiger partial charge in [-0.2, -0.15) is 8.78 Å². The Kier molecular flexibility index (Phi) is 6.61. The van der Waals surface area contributed by atoms with Gasteiger partial charge >= 0.3 is 6.61 Å². The van der Waals surface area contributed by atoms with Crippen LogP contribution >= 0.6 is 0 Å². The van der Waals surface area contributed by atoms with Gasteiger partial charge in [-0.3, -0.25) is 9.69 Å². The van der Waals surface area contributed by atoms with Crippen molar-refractivity contribution in [3.8, 4) is 11.5 Å². The number of carbonyl (C=O) groups is 1. The molecule has 0 aliphatic rings. The number of amides is 1. The number of anilines is 1. The Balaban J connectivity index is 1.55. The molecule has 0 saturated carbocycles. The molecular formula is C22H22F2N2O3. The van der Waals surface area contributed by atoms with E-state index in [2.05, 4.69) is 16.1 Å². The lowest BCUT2D eigenvalue weighted by molar-refractivity contribution is -0.117. The Morgan fingerprint density at radius 3 is 2.34 bits per heavy atom. The summed E-state index contributed by atoms with van der Waals surface area (Å²) < 4.78 is 33.9. The zero-order chi connectivity index (χ0) is 20.8. The van der Waals surface area contributed by atoms with Crippen LogP contribution in [0.5, 0.6) is 11.5 Å². The van der Waals surface area contributed by atoms with Gasteiger partial charge in [0.05, 0.1) is 13.7 Å². The molecule has 1 amide bonds. The zero-order valence-electron chi connectivity index (χ0n) is 16.2. The summed E-state index contributed by atoms with van der Waals surface area (Å²) in [5.41, 5.74) is 1.61. The summed E-state index contributed by atoms with van der Waals surface area (Å²) in [6, 6.07) is 17.9. The largest absolute Gasteiger partial charge is 0.497 e. The molecule has 3 rings (SSSR count). The van der Waals surface area contributed by atoms with Gasteiger partial charge in [-0.15, -0.1) is 0 Å². The van der Waals surface area contributed by atoms with E-state index in [4.69, 9.17) is 4.74 Å². The number of nitrogens with zero attached hydrogens (tertiary/aromatic N) is 1. The monoisotopic (exact) mass is 400 g/mol. The maximum atomic E-state index is 12.2. The Morgan fingerprint density at radius 2 is 1.66 bits per heavy atom. The molecule has 3 aromatic rings. The van der Waals surface area contributed by atoms with E-state index in [-0.39, 0.29) is 18.2 Å². The Labute approximate surface area is 167 Å². The molecule has 7 heteroatoms. The van der Waals surface area contributed by atoms with Crippen molar-refractivity contribution < 1.29 is 23.0 Å². The number of alkyl halides is 2. The van der Waals surface area contributed by atoms with E-state index in [0.29, 0.717) is 12.2 Å². The number of benzene rings is 3. The van der Waals surface area contributed by atoms with Gasteiger partial charge in [0.15, 0.2) is 0 Å². The Hall–Kier alpha value is -3.19. The lowest BCUT2D eigenvalue weighted by atomic mass is 10.1. The van der Waals surface area contributed by atoms with Crippen molar-refractivity contribution in [1.29, 1.82) is 0 Å². The summed E-state index contributed by atoms with van der Waals surface area (Å²) in [7, 11) is 3.50. The second-order valence-electron chi connectivity index (χ2n) is 6.67. The molecule has 0 heterocycles. The first-order chi connectivity index (χ1) is 13.9. The van der Waals surface area contributed by atoms with Gasteiger partial charge in [-0.25, -0.2) is 0 Å². The molecule has 0 aliphatic heterocycles. The summed E-state index contributed by atoms with van der Waals surface area (Å²) in [6.07, 6.45) is 0. The van der Waals surface area contributed by atoms with Crippen LogP contribution in [0.25, 0.3) is 10.8 Å². The first-order valence-corrected chi connectivity index (χ1v) is 9.03. The molecule has 0 radical (unpaired) electrons. The number of hydrogen-bond donors (Lipinski definition) is 1. The standard InChI is InChI=1S/C22H22F2N2O3/c1-26(13-15-3-4-17-12-20(28-2)8-5-16(17)11-15)14-21(27)25-18-6-9-19(10-7-18)29-22(23)24/h3-12,22H,13-14H2,1-2H3,(H,25,27). The third-order valence-corrected chi connectivity index (χ3v) is 4.34. The summed E-state index contributed by atoms with van der Waals surface area (Å²) in [4.78, 5) is 14.1. The molecule has 3 aromatic carbocycles. The lowest BCUT2D eigenvalue weighted by Gasteiger charge is -2.17. The average molecular weight is 400 g/mol. The van der Waals surface area contributed by atoms with Crippen molar-refractivity contribution in [1.82, 2.24) is 4.90 Å². The smallest absolute Gasteiger partial charge is 0.387 e. The van der Waals surface area contributed by atoms with Crippen molar-refractivity contribution in [3.63, 3.8) is 0 Å². The fourth-order valence-corrected chi connectivity index (χ4v) is 3.03. The molecule has 5 nitrogen and oxygen atoms in total. The highest BCUT2D eigenvalue weighted by molar-refractivity contribution is 5.92. The van der Waals surface area contributed by atoms with Gasteiger partial charge in [0.1, 0.15) is 11.5 Å². The van der Waals surface area contributed by atoms with Gasteiger partial charge in [-0.1, -0.05) is 18.2 Å². The SMILES string of the molecule is COc1ccc2cc(CN(C)CC(=O)Nc3ccc(OC(F)F)cc3)ccc2c1. The Morgan fingerprint density at radius 1 is 1.00 bits per heavy atom. The summed E-state index contributed by atoms with van der Waals surface area (Å²) >= 11 is 0. The highest BCUT2D eigenvalue weighted by Gasteiger charge is 2.09. The molecule has 0 aliphatic carbocycles. The molecule has 0 spiro atoms. The topological polar surface area (TPSA) is 50.8 Å². The number of carbonyl (C=O) groups excluding carboxylic acids is 1. The summed E-state index contributed by atoms with van der Waals surface area (Å²) in [5.74, 6) is 0.664. The van der Waals surface area contributed by atoms with Crippen molar-refractivity contribution in [2.75, 3.05) is 26.0 Å². The first kappa shape index (κ1) is 20.5. The van der Waals surface area contributed by atoms with Gasteiger partial charge < -0.3 is 14.8 Å². The van der Waals surface area contributed by atoms with Crippen LogP contribution in [0.4, 0.5) is 14.5 Å². The van der Waals surface area contributed by atoms with E-state index in [1.54, 1.807) is 7.11 Å². The van der Waals surface area contributed by atoms with Crippen LogP contribution in [-0.4, -0.2) is 38.1 Å². The van der Waals surface area contributed by atoms with Crippen LogP contribution in [0.15, 0.2) is 60.7 Å². The average Bonchev–Trinajstić information content (AvgIpc) is 2.68. The van der Waals surface area contributed by atoms with Crippen molar-refractivity contribution in [3.05, 3.63) is 66.2 Å².